The zero-order chi connectivity index (χ0) is 23.1. The first-order valence-electron chi connectivity index (χ1n) is 10.8. The summed E-state index contributed by atoms with van der Waals surface area (Å²) in [6.07, 6.45) is 0.740. The number of fused-ring (bicyclic) bond motifs is 1. The summed E-state index contributed by atoms with van der Waals surface area (Å²) >= 11 is 14.3. The summed E-state index contributed by atoms with van der Waals surface area (Å²) in [5, 5.41) is 11.3. The first-order chi connectivity index (χ1) is 16.7. The van der Waals surface area contributed by atoms with Gasteiger partial charge in [0.25, 0.3) is 0 Å². The Bertz CT molecular complexity index is 1520. The van der Waals surface area contributed by atoms with Gasteiger partial charge in [0.2, 0.25) is 5.95 Å². The Morgan fingerprint density at radius 1 is 0.794 bits per heavy atom. The molecule has 4 nitrogen and oxygen atoms in total. The zero-order valence-corrected chi connectivity index (χ0v) is 20.2. The molecule has 0 aliphatic carbocycles. The highest BCUT2D eigenvalue weighted by atomic mass is 35.5. The maximum absolute atomic E-state index is 6.34. The van der Waals surface area contributed by atoms with Crippen molar-refractivity contribution >= 4 is 57.1 Å². The van der Waals surface area contributed by atoms with Crippen molar-refractivity contribution < 1.29 is 0 Å². The molecule has 0 unspecified atom stereocenters. The van der Waals surface area contributed by atoms with Crippen LogP contribution in [-0.4, -0.2) is 15.7 Å². The fourth-order valence-corrected chi connectivity index (χ4v) is 5.42. The van der Waals surface area contributed by atoms with E-state index in [4.69, 9.17) is 38.3 Å². The summed E-state index contributed by atoms with van der Waals surface area (Å²) in [4.78, 5) is 11.2. The van der Waals surface area contributed by atoms with E-state index in [0.717, 1.165) is 39.9 Å². The maximum Gasteiger partial charge on any atom is 0.247 e. The van der Waals surface area contributed by atoms with Gasteiger partial charge in [0, 0.05) is 32.3 Å². The Balaban J connectivity index is 1.54. The minimum Gasteiger partial charge on any atom is -0.223 e. The third-order valence-electron chi connectivity index (χ3n) is 5.84. The minimum absolute atomic E-state index is 0.00218. The molecule has 0 fully saturated rings. The summed E-state index contributed by atoms with van der Waals surface area (Å²) in [5.74, 6) is 0.559. The molecule has 0 spiro atoms. The molecule has 166 valence electrons. The molecular weight excluding hydrogens is 483 g/mol. The van der Waals surface area contributed by atoms with Gasteiger partial charge in [-0.2, -0.15) is 5.10 Å². The molecule has 3 aromatic carbocycles. The molecule has 6 rings (SSSR count). The molecule has 1 aliphatic rings. The molecule has 0 saturated carbocycles. The predicted octanol–water partition coefficient (Wildman–Crippen LogP) is 8.02. The van der Waals surface area contributed by atoms with E-state index in [1.165, 1.54) is 4.88 Å². The van der Waals surface area contributed by atoms with Gasteiger partial charge in [-0.15, -0.1) is 11.3 Å². The second kappa shape index (κ2) is 8.84. The largest absolute Gasteiger partial charge is 0.247 e. The molecule has 1 atom stereocenters. The molecule has 0 bridgehead atoms. The first kappa shape index (κ1) is 21.3. The van der Waals surface area contributed by atoms with E-state index in [2.05, 4.69) is 17.5 Å². The monoisotopic (exact) mass is 500 g/mol. The van der Waals surface area contributed by atoms with Crippen LogP contribution in [0.3, 0.4) is 0 Å². The van der Waals surface area contributed by atoms with E-state index in [-0.39, 0.29) is 6.04 Å². The van der Waals surface area contributed by atoms with Crippen molar-refractivity contribution in [2.24, 2.45) is 5.10 Å². The van der Waals surface area contributed by atoms with Crippen LogP contribution in [0.1, 0.15) is 22.9 Å². The van der Waals surface area contributed by atoms with Gasteiger partial charge in [-0.1, -0.05) is 71.7 Å². The smallest absolute Gasteiger partial charge is 0.223 e. The molecule has 0 saturated heterocycles. The lowest BCUT2D eigenvalue weighted by Crippen LogP contribution is -2.20. The molecule has 0 N–H and O–H groups in total. The zero-order valence-electron chi connectivity index (χ0n) is 17.9. The molecule has 5 aromatic rings. The molecular formula is C27H18Cl2N4S. The van der Waals surface area contributed by atoms with Crippen molar-refractivity contribution in [2.75, 3.05) is 5.01 Å². The molecule has 0 amide bonds. The Kier molecular flexibility index (Phi) is 5.53. The Labute approximate surface area is 211 Å². The van der Waals surface area contributed by atoms with Crippen LogP contribution in [0.15, 0.2) is 95.4 Å². The number of rotatable bonds is 4. The van der Waals surface area contributed by atoms with Crippen LogP contribution in [0.4, 0.5) is 5.95 Å². The minimum atomic E-state index is 0.00218. The second-order valence-electron chi connectivity index (χ2n) is 8.04. The van der Waals surface area contributed by atoms with Crippen molar-refractivity contribution in [1.82, 2.24) is 9.97 Å². The Morgan fingerprint density at radius 2 is 1.62 bits per heavy atom. The van der Waals surface area contributed by atoms with E-state index >= 15 is 0 Å². The highest BCUT2D eigenvalue weighted by Gasteiger charge is 2.33. The SMILES string of the molecule is Clc1cccc(C2=NN(c3nc(-c4ccccc4)c4cc(Cl)ccc4n3)[C@@H](c3cccs3)C2)c1. The Hall–Kier alpha value is -3.25. The van der Waals surface area contributed by atoms with Crippen LogP contribution in [0, 0.1) is 0 Å². The van der Waals surface area contributed by atoms with E-state index in [9.17, 15) is 0 Å². The maximum atomic E-state index is 6.34. The quantitative estimate of drug-likeness (QED) is 0.250. The number of benzene rings is 3. The third-order valence-corrected chi connectivity index (χ3v) is 7.28. The van der Waals surface area contributed by atoms with Crippen LogP contribution in [0.2, 0.25) is 10.0 Å². The molecule has 7 heteroatoms. The number of thiophene rings is 1. The summed E-state index contributed by atoms with van der Waals surface area (Å²) < 4.78 is 0. The van der Waals surface area contributed by atoms with E-state index in [0.29, 0.717) is 16.0 Å². The van der Waals surface area contributed by atoms with Gasteiger partial charge in [0.05, 0.1) is 23.0 Å². The fraction of sp³-hybridized carbons (Fsp3) is 0.0741. The van der Waals surface area contributed by atoms with Gasteiger partial charge in [-0.05, 0) is 47.3 Å². The van der Waals surface area contributed by atoms with Crippen LogP contribution in [-0.2, 0) is 0 Å². The highest BCUT2D eigenvalue weighted by Crippen LogP contribution is 2.39. The number of aromatic nitrogens is 2. The highest BCUT2D eigenvalue weighted by molar-refractivity contribution is 7.10. The average molecular weight is 501 g/mol. The lowest BCUT2D eigenvalue weighted by atomic mass is 10.0. The molecule has 0 radical (unpaired) electrons. The summed E-state index contributed by atoms with van der Waals surface area (Å²) in [6, 6.07) is 27.8. The normalized spacial score (nSPS) is 15.6. The number of anilines is 1. The van der Waals surface area contributed by atoms with Crippen molar-refractivity contribution in [2.45, 2.75) is 12.5 Å². The van der Waals surface area contributed by atoms with E-state index < -0.39 is 0 Å². The topological polar surface area (TPSA) is 41.4 Å². The van der Waals surface area contributed by atoms with Crippen molar-refractivity contribution in [3.63, 3.8) is 0 Å². The van der Waals surface area contributed by atoms with Crippen LogP contribution >= 0.6 is 34.5 Å². The van der Waals surface area contributed by atoms with Crippen LogP contribution in [0.25, 0.3) is 22.2 Å². The van der Waals surface area contributed by atoms with E-state index in [1.807, 2.05) is 77.8 Å². The van der Waals surface area contributed by atoms with Crippen molar-refractivity contribution in [3.05, 3.63) is 111 Å². The van der Waals surface area contributed by atoms with E-state index in [1.54, 1.807) is 11.3 Å². The number of halogens is 2. The van der Waals surface area contributed by atoms with Gasteiger partial charge in [0.15, 0.2) is 0 Å². The van der Waals surface area contributed by atoms with Crippen LogP contribution in [0.5, 0.6) is 0 Å². The van der Waals surface area contributed by atoms with Crippen molar-refractivity contribution in [3.8, 4) is 11.3 Å². The fourth-order valence-electron chi connectivity index (χ4n) is 4.25. The Morgan fingerprint density at radius 3 is 2.41 bits per heavy atom. The standard InChI is InChI=1S/C27H18Cl2N4S/c28-19-9-4-8-18(14-19)23-16-24(25-10-5-13-34-25)33(32-23)27-30-22-12-11-20(29)15-21(22)26(31-27)17-6-2-1-3-7-17/h1-15,24H,16H2/t24-/m1/s1. The molecule has 2 aromatic heterocycles. The van der Waals surface area contributed by atoms with Gasteiger partial charge >= 0.3 is 0 Å². The predicted molar refractivity (Wildman–Crippen MR) is 142 cm³/mol. The molecule has 34 heavy (non-hydrogen) atoms. The molecule has 1 aliphatic heterocycles. The lowest BCUT2D eigenvalue weighted by molar-refractivity contribution is 0.700. The third kappa shape index (κ3) is 3.96. The summed E-state index contributed by atoms with van der Waals surface area (Å²) in [7, 11) is 0. The average Bonchev–Trinajstić information content (AvgIpc) is 3.54. The van der Waals surface area contributed by atoms with Crippen LogP contribution < -0.4 is 5.01 Å². The number of hydrogen-bond donors (Lipinski definition) is 0. The van der Waals surface area contributed by atoms with Gasteiger partial charge < -0.3 is 0 Å². The second-order valence-corrected chi connectivity index (χ2v) is 9.89. The number of hydrazone groups is 1. The number of hydrogen-bond acceptors (Lipinski definition) is 5. The van der Waals surface area contributed by atoms with Crippen molar-refractivity contribution in [1.29, 1.82) is 0 Å². The first-order valence-corrected chi connectivity index (χ1v) is 12.5. The summed E-state index contributed by atoms with van der Waals surface area (Å²) in [6.45, 7) is 0. The van der Waals surface area contributed by atoms with Gasteiger partial charge in [-0.3, -0.25) is 0 Å². The van der Waals surface area contributed by atoms with Gasteiger partial charge in [-0.25, -0.2) is 15.0 Å². The molecule has 3 heterocycles. The number of nitrogens with zero attached hydrogens (tertiary/aromatic N) is 4. The lowest BCUT2D eigenvalue weighted by Gasteiger charge is -2.21. The summed E-state index contributed by atoms with van der Waals surface area (Å²) in [5.41, 5.74) is 4.63. The van der Waals surface area contributed by atoms with Gasteiger partial charge in [0.1, 0.15) is 0 Å².